The molecule has 5 heavy (non-hydrogen) atoms. The molecule has 0 amide bonds. The van der Waals surface area contributed by atoms with Crippen LogP contribution in [-0.4, -0.2) is 32.9 Å². The first kappa shape index (κ1) is 5.39. The highest BCUT2D eigenvalue weighted by atomic mass is 28.2. The molecule has 0 rings (SSSR count). The molecule has 0 aliphatic heterocycles. The van der Waals surface area contributed by atoms with Crippen LogP contribution in [0.3, 0.4) is 0 Å². The normalized spacial score (nSPS) is 9.60. The van der Waals surface area contributed by atoms with E-state index in [0.29, 0.717) is 0 Å². The quantitative estimate of drug-likeness (QED) is 0.394. The first-order chi connectivity index (χ1) is 2.27. The second-order valence-electron chi connectivity index (χ2n) is 0.616. The van der Waals surface area contributed by atoms with Crippen LogP contribution >= 0.6 is 0 Å². The summed E-state index contributed by atoms with van der Waals surface area (Å²) in [7, 11) is 7.82. The van der Waals surface area contributed by atoms with Crippen LogP contribution in [0.5, 0.6) is 0 Å². The van der Waals surface area contributed by atoms with E-state index in [9.17, 15) is 0 Å². The number of rotatable bonds is 1. The Balaban J connectivity index is 2.54. The van der Waals surface area contributed by atoms with E-state index in [4.69, 9.17) is 0 Å². The van der Waals surface area contributed by atoms with Gasteiger partial charge in [0.05, 0.1) is 20.5 Å². The van der Waals surface area contributed by atoms with Gasteiger partial charge in [-0.1, -0.05) is 0 Å². The fraction of sp³-hybridized carbons (Fsp3) is 1.00. The summed E-state index contributed by atoms with van der Waals surface area (Å²) in [6.07, 6.45) is 0. The third kappa shape index (κ3) is 4.39. The summed E-state index contributed by atoms with van der Waals surface area (Å²) in [5.74, 6) is 0. The Morgan fingerprint density at radius 1 is 1.60 bits per heavy atom. The van der Waals surface area contributed by atoms with Gasteiger partial charge in [0, 0.05) is 12.5 Å². The second-order valence-corrected chi connectivity index (χ2v) is 2.24. The molecule has 0 spiro atoms. The zero-order chi connectivity index (χ0) is 4.28. The molecule has 0 unspecified atom stereocenters. The zero-order valence-electron chi connectivity index (χ0n) is 2.99. The summed E-state index contributed by atoms with van der Waals surface area (Å²) >= 11 is 0. The van der Waals surface area contributed by atoms with Crippen LogP contribution in [0.2, 0.25) is 0 Å². The Hall–Kier alpha value is 0.394. The number of hydrogen-bond donors (Lipinski definition) is 0. The fourth-order valence-electron chi connectivity index (χ4n) is 0. The van der Waals surface area contributed by atoms with Crippen LogP contribution in [-0.2, 0) is 4.74 Å². The van der Waals surface area contributed by atoms with E-state index in [-0.39, 0.29) is 5.35 Å². The maximum Gasteiger partial charge on any atom is 0.0596 e. The molecule has 0 saturated heterocycles. The lowest BCUT2D eigenvalue weighted by Crippen LogP contribution is -2.07. The van der Waals surface area contributed by atoms with Gasteiger partial charge >= 0.3 is 0 Å². The molecule has 0 atom stereocenters. The van der Waals surface area contributed by atoms with Gasteiger partial charge in [-0.25, -0.2) is 0 Å². The van der Waals surface area contributed by atoms with E-state index < -0.39 is 0 Å². The van der Waals surface area contributed by atoms with Crippen molar-refractivity contribution >= 4 is 20.5 Å². The van der Waals surface area contributed by atoms with Gasteiger partial charge in [0.15, 0.2) is 0 Å². The van der Waals surface area contributed by atoms with Gasteiger partial charge in [-0.15, -0.1) is 0 Å². The van der Waals surface area contributed by atoms with Crippen molar-refractivity contribution in [1.82, 2.24) is 0 Å². The maximum absolute atomic E-state index is 4.58. The molecule has 0 aromatic carbocycles. The standard InChI is InChI=1S/C2H4OSi2/c1-3-2(4)5/h2H,1H3. The topological polar surface area (TPSA) is 9.23 Å². The van der Waals surface area contributed by atoms with Gasteiger partial charge in [0.1, 0.15) is 0 Å². The van der Waals surface area contributed by atoms with E-state index in [1.165, 1.54) is 0 Å². The molecule has 0 fully saturated rings. The molecule has 0 bridgehead atoms. The van der Waals surface area contributed by atoms with Crippen molar-refractivity contribution in [2.45, 2.75) is 5.35 Å². The Labute approximate surface area is 38.6 Å². The molecule has 0 aromatic heterocycles. The largest absolute Gasteiger partial charge is 0.390 e. The summed E-state index contributed by atoms with van der Waals surface area (Å²) in [4.78, 5) is 0. The Morgan fingerprint density at radius 3 is 1.80 bits per heavy atom. The molecule has 0 heterocycles. The average Bonchev–Trinajstić information content (AvgIpc) is 1.38. The lowest BCUT2D eigenvalue weighted by molar-refractivity contribution is 0.224. The van der Waals surface area contributed by atoms with E-state index in [1.54, 1.807) is 7.11 Å². The Morgan fingerprint density at radius 2 is 1.80 bits per heavy atom. The van der Waals surface area contributed by atoms with Crippen molar-refractivity contribution in [3.8, 4) is 0 Å². The van der Waals surface area contributed by atoms with Crippen LogP contribution in [0.1, 0.15) is 0 Å². The number of hydrogen-bond acceptors (Lipinski definition) is 1. The summed E-state index contributed by atoms with van der Waals surface area (Å²) < 4.78 is 4.58. The molecule has 0 aliphatic rings. The van der Waals surface area contributed by atoms with E-state index in [2.05, 4.69) is 25.2 Å². The predicted molar refractivity (Wildman–Crippen MR) is 22.3 cm³/mol. The van der Waals surface area contributed by atoms with Crippen molar-refractivity contribution in [3.05, 3.63) is 0 Å². The molecule has 1 nitrogen and oxygen atoms in total. The van der Waals surface area contributed by atoms with Crippen LogP contribution in [0.4, 0.5) is 0 Å². The van der Waals surface area contributed by atoms with Crippen LogP contribution in [0.15, 0.2) is 0 Å². The Bertz CT molecular complexity index is 21.6. The van der Waals surface area contributed by atoms with E-state index in [0.717, 1.165) is 0 Å². The van der Waals surface area contributed by atoms with Crippen molar-refractivity contribution in [2.75, 3.05) is 7.11 Å². The lowest BCUT2D eigenvalue weighted by Gasteiger charge is -1.94. The van der Waals surface area contributed by atoms with Crippen molar-refractivity contribution in [2.24, 2.45) is 0 Å². The average molecular weight is 100 g/mol. The van der Waals surface area contributed by atoms with Crippen molar-refractivity contribution < 1.29 is 4.74 Å². The summed E-state index contributed by atoms with van der Waals surface area (Å²) in [5, 5.41) is -0.00463. The highest BCUT2D eigenvalue weighted by Gasteiger charge is 1.80. The minimum atomic E-state index is -0.00463. The lowest BCUT2D eigenvalue weighted by atomic mass is 11.5. The van der Waals surface area contributed by atoms with Gasteiger partial charge in [0.25, 0.3) is 0 Å². The van der Waals surface area contributed by atoms with Gasteiger partial charge in [-0.2, -0.15) is 0 Å². The second kappa shape index (κ2) is 2.62. The van der Waals surface area contributed by atoms with Crippen molar-refractivity contribution in [1.29, 1.82) is 0 Å². The van der Waals surface area contributed by atoms with Gasteiger partial charge in [-0.05, 0) is 0 Å². The van der Waals surface area contributed by atoms with Crippen LogP contribution in [0.25, 0.3) is 0 Å². The predicted octanol–water partition coefficient (Wildman–Crippen LogP) is -0.747. The number of ether oxygens (including phenoxy) is 1. The highest BCUT2D eigenvalue weighted by molar-refractivity contribution is 6.34. The molecule has 0 aliphatic carbocycles. The zero-order valence-corrected chi connectivity index (χ0v) is 4.99. The molecule has 0 saturated carbocycles. The molecule has 3 heteroatoms. The molecule has 0 aromatic rings. The first-order valence-corrected chi connectivity index (χ1v) is 2.38. The maximum atomic E-state index is 4.58. The van der Waals surface area contributed by atoms with Crippen molar-refractivity contribution in [3.63, 3.8) is 0 Å². The Kier molecular flexibility index (Phi) is 2.83. The third-order valence-corrected chi connectivity index (χ3v) is 0.707. The summed E-state index contributed by atoms with van der Waals surface area (Å²) in [6.45, 7) is 0. The van der Waals surface area contributed by atoms with E-state index >= 15 is 0 Å². The minimum Gasteiger partial charge on any atom is -0.390 e. The monoisotopic (exact) mass is 100.0 g/mol. The van der Waals surface area contributed by atoms with E-state index in [1.807, 2.05) is 0 Å². The van der Waals surface area contributed by atoms with Crippen LogP contribution in [0, 0.1) is 0 Å². The molecule has 26 valence electrons. The summed E-state index contributed by atoms with van der Waals surface area (Å²) in [5.41, 5.74) is 0. The third-order valence-electron chi connectivity index (χ3n) is 0.236. The fourth-order valence-corrected chi connectivity index (χ4v) is 0. The SMILES string of the molecule is COC([Si])[Si]. The highest BCUT2D eigenvalue weighted by Crippen LogP contribution is 1.64. The van der Waals surface area contributed by atoms with Gasteiger partial charge in [0.2, 0.25) is 0 Å². The molecular formula is C2H4OSi2. The van der Waals surface area contributed by atoms with Gasteiger partial charge < -0.3 is 4.74 Å². The number of methoxy groups -OCH3 is 1. The minimum absolute atomic E-state index is 0.00463. The molecule has 6 radical (unpaired) electrons. The van der Waals surface area contributed by atoms with Gasteiger partial charge in [-0.3, -0.25) is 0 Å². The smallest absolute Gasteiger partial charge is 0.0596 e. The molecule has 0 N–H and O–H groups in total. The van der Waals surface area contributed by atoms with Crippen LogP contribution < -0.4 is 0 Å². The summed E-state index contributed by atoms with van der Waals surface area (Å²) in [6, 6.07) is 0. The first-order valence-electron chi connectivity index (χ1n) is 1.22. The molecular weight excluding hydrogens is 96.2 g/mol.